The lowest BCUT2D eigenvalue weighted by Gasteiger charge is -2.04. The number of thiophene rings is 1. The lowest BCUT2D eigenvalue weighted by atomic mass is 10.1. The largest absolute Gasteiger partial charge is 0.325 e. The third-order valence-electron chi connectivity index (χ3n) is 3.41. The number of aromatic amines is 1. The second kappa shape index (κ2) is 8.12. The Bertz CT molecular complexity index is 781. The standard InChI is InChI=1S/C17H18N4OS2/c1-2-12-5-7-13(8-6-12)18-16(22)11-24-17-19-15(20-21-17)10-14-4-3-9-23-14/h3-9H,2,10-11H2,1H3,(H,18,22)(H,19,20,21). The first-order valence-corrected chi connectivity index (χ1v) is 9.54. The van der Waals surface area contributed by atoms with Crippen molar-refractivity contribution in [2.24, 2.45) is 0 Å². The van der Waals surface area contributed by atoms with Gasteiger partial charge in [0.25, 0.3) is 0 Å². The van der Waals surface area contributed by atoms with E-state index in [0.29, 0.717) is 5.16 Å². The molecule has 1 aromatic carbocycles. The molecular weight excluding hydrogens is 340 g/mol. The number of carbonyl (C=O) groups is 1. The van der Waals surface area contributed by atoms with Crippen LogP contribution in [0, 0.1) is 0 Å². The van der Waals surface area contributed by atoms with Crippen LogP contribution in [0.25, 0.3) is 0 Å². The minimum absolute atomic E-state index is 0.0612. The molecule has 24 heavy (non-hydrogen) atoms. The van der Waals surface area contributed by atoms with Crippen molar-refractivity contribution in [2.45, 2.75) is 24.9 Å². The molecule has 0 bridgehead atoms. The van der Waals surface area contributed by atoms with Crippen molar-refractivity contribution < 1.29 is 4.79 Å². The molecular formula is C17H18N4OS2. The highest BCUT2D eigenvalue weighted by Crippen LogP contribution is 2.17. The average molecular weight is 358 g/mol. The maximum atomic E-state index is 12.0. The Labute approximate surface area is 148 Å². The first-order valence-electron chi connectivity index (χ1n) is 7.68. The molecule has 124 valence electrons. The number of aromatic nitrogens is 3. The summed E-state index contributed by atoms with van der Waals surface area (Å²) in [7, 11) is 0. The second-order valence-corrected chi connectivity index (χ2v) is 7.18. The summed E-state index contributed by atoms with van der Waals surface area (Å²) in [6.45, 7) is 2.10. The number of nitrogens with zero attached hydrogens (tertiary/aromatic N) is 2. The van der Waals surface area contributed by atoms with E-state index >= 15 is 0 Å². The van der Waals surface area contributed by atoms with E-state index in [1.165, 1.54) is 22.2 Å². The zero-order valence-corrected chi connectivity index (χ0v) is 14.9. The number of hydrogen-bond donors (Lipinski definition) is 2. The summed E-state index contributed by atoms with van der Waals surface area (Å²) in [5.41, 5.74) is 2.06. The van der Waals surface area contributed by atoms with Gasteiger partial charge in [0.05, 0.1) is 5.75 Å². The molecule has 3 aromatic rings. The molecule has 0 fully saturated rings. The van der Waals surface area contributed by atoms with Gasteiger partial charge >= 0.3 is 0 Å². The maximum Gasteiger partial charge on any atom is 0.234 e. The van der Waals surface area contributed by atoms with E-state index in [2.05, 4.69) is 33.5 Å². The molecule has 0 saturated heterocycles. The molecule has 2 heterocycles. The summed E-state index contributed by atoms with van der Waals surface area (Å²) >= 11 is 3.02. The van der Waals surface area contributed by atoms with Gasteiger partial charge in [-0.1, -0.05) is 36.9 Å². The van der Waals surface area contributed by atoms with Crippen LogP contribution < -0.4 is 5.32 Å². The predicted octanol–water partition coefficient (Wildman–Crippen LogP) is 3.75. The molecule has 0 aliphatic heterocycles. The highest BCUT2D eigenvalue weighted by atomic mass is 32.2. The Balaban J connectivity index is 1.48. The molecule has 0 atom stereocenters. The number of nitrogens with one attached hydrogen (secondary N) is 2. The molecule has 0 aliphatic rings. The fourth-order valence-electron chi connectivity index (χ4n) is 2.15. The van der Waals surface area contributed by atoms with E-state index in [4.69, 9.17) is 0 Å². The van der Waals surface area contributed by atoms with Gasteiger partial charge in [-0.2, -0.15) is 0 Å². The first kappa shape index (κ1) is 16.7. The lowest BCUT2D eigenvalue weighted by molar-refractivity contribution is -0.113. The molecule has 1 amide bonds. The van der Waals surface area contributed by atoms with Crippen molar-refractivity contribution in [3.8, 4) is 0 Å². The van der Waals surface area contributed by atoms with Gasteiger partial charge in [-0.25, -0.2) is 4.98 Å². The quantitative estimate of drug-likeness (QED) is 0.631. The Morgan fingerprint density at radius 3 is 2.83 bits per heavy atom. The number of thioether (sulfide) groups is 1. The van der Waals surface area contributed by atoms with Crippen LogP contribution in [-0.2, 0) is 17.6 Å². The number of anilines is 1. The lowest BCUT2D eigenvalue weighted by Crippen LogP contribution is -2.14. The fourth-order valence-corrected chi connectivity index (χ4v) is 3.48. The van der Waals surface area contributed by atoms with E-state index in [9.17, 15) is 4.79 Å². The van der Waals surface area contributed by atoms with E-state index < -0.39 is 0 Å². The predicted molar refractivity (Wildman–Crippen MR) is 98.7 cm³/mol. The molecule has 0 spiro atoms. The van der Waals surface area contributed by atoms with Crippen molar-refractivity contribution in [2.75, 3.05) is 11.1 Å². The van der Waals surface area contributed by atoms with Crippen LogP contribution in [0.1, 0.15) is 23.2 Å². The number of hydrogen-bond acceptors (Lipinski definition) is 5. The topological polar surface area (TPSA) is 70.7 Å². The van der Waals surface area contributed by atoms with Crippen LogP contribution in [0.2, 0.25) is 0 Å². The van der Waals surface area contributed by atoms with Gasteiger partial charge in [-0.15, -0.1) is 16.4 Å². The van der Waals surface area contributed by atoms with Gasteiger partial charge in [-0.05, 0) is 35.6 Å². The highest BCUT2D eigenvalue weighted by Gasteiger charge is 2.09. The zero-order chi connectivity index (χ0) is 16.8. The molecule has 0 unspecified atom stereocenters. The third kappa shape index (κ3) is 4.69. The van der Waals surface area contributed by atoms with Crippen molar-refractivity contribution in [3.63, 3.8) is 0 Å². The molecule has 2 N–H and O–H groups in total. The number of rotatable bonds is 7. The molecule has 0 saturated carbocycles. The number of carbonyl (C=O) groups excluding carboxylic acids is 1. The van der Waals surface area contributed by atoms with E-state index in [0.717, 1.165) is 24.4 Å². The van der Waals surface area contributed by atoms with Crippen molar-refractivity contribution >= 4 is 34.7 Å². The van der Waals surface area contributed by atoms with E-state index in [1.807, 2.05) is 35.7 Å². The van der Waals surface area contributed by atoms with Gasteiger partial charge < -0.3 is 5.32 Å². The second-order valence-electron chi connectivity index (χ2n) is 5.21. The number of aryl methyl sites for hydroxylation is 1. The zero-order valence-electron chi connectivity index (χ0n) is 13.3. The van der Waals surface area contributed by atoms with E-state index in [-0.39, 0.29) is 11.7 Å². The summed E-state index contributed by atoms with van der Waals surface area (Å²) < 4.78 is 0. The van der Waals surface area contributed by atoms with Crippen LogP contribution in [0.4, 0.5) is 5.69 Å². The third-order valence-corrected chi connectivity index (χ3v) is 5.13. The van der Waals surface area contributed by atoms with Crippen molar-refractivity contribution in [3.05, 3.63) is 58.0 Å². The Morgan fingerprint density at radius 1 is 1.29 bits per heavy atom. The van der Waals surface area contributed by atoms with Crippen LogP contribution >= 0.6 is 23.1 Å². The number of amides is 1. The van der Waals surface area contributed by atoms with Gasteiger partial charge in [-0.3, -0.25) is 9.89 Å². The summed E-state index contributed by atoms with van der Waals surface area (Å²) in [6.07, 6.45) is 1.73. The van der Waals surface area contributed by atoms with Gasteiger partial charge in [0.15, 0.2) is 0 Å². The normalized spacial score (nSPS) is 10.7. The van der Waals surface area contributed by atoms with Crippen molar-refractivity contribution in [1.29, 1.82) is 0 Å². The van der Waals surface area contributed by atoms with Crippen molar-refractivity contribution in [1.82, 2.24) is 15.2 Å². The Morgan fingerprint density at radius 2 is 2.12 bits per heavy atom. The summed E-state index contributed by atoms with van der Waals surface area (Å²) in [4.78, 5) is 17.6. The Kier molecular flexibility index (Phi) is 5.66. The van der Waals surface area contributed by atoms with Gasteiger partial charge in [0.2, 0.25) is 11.1 Å². The number of H-pyrrole nitrogens is 1. The molecule has 3 rings (SSSR count). The monoisotopic (exact) mass is 358 g/mol. The molecule has 0 radical (unpaired) electrons. The first-order chi connectivity index (χ1) is 11.7. The molecule has 0 aliphatic carbocycles. The van der Waals surface area contributed by atoms with Gasteiger partial charge in [0, 0.05) is 17.0 Å². The summed E-state index contributed by atoms with van der Waals surface area (Å²) in [5, 5.41) is 12.6. The molecule has 2 aromatic heterocycles. The van der Waals surface area contributed by atoms with Crippen LogP contribution in [0.5, 0.6) is 0 Å². The molecule has 5 nitrogen and oxygen atoms in total. The summed E-state index contributed by atoms with van der Waals surface area (Å²) in [5.74, 6) is 1.04. The SMILES string of the molecule is CCc1ccc(NC(=O)CSc2n[nH]c(Cc3cccs3)n2)cc1. The summed E-state index contributed by atoms with van der Waals surface area (Å²) in [6, 6.07) is 12.0. The van der Waals surface area contributed by atoms with Gasteiger partial charge in [0.1, 0.15) is 5.82 Å². The smallest absolute Gasteiger partial charge is 0.234 e. The fraction of sp³-hybridized carbons (Fsp3) is 0.235. The van der Waals surface area contributed by atoms with E-state index in [1.54, 1.807) is 11.3 Å². The van der Waals surface area contributed by atoms with Crippen LogP contribution in [0.15, 0.2) is 46.9 Å². The highest BCUT2D eigenvalue weighted by molar-refractivity contribution is 7.99. The maximum absolute atomic E-state index is 12.0. The van der Waals surface area contributed by atoms with Crippen LogP contribution in [-0.4, -0.2) is 26.8 Å². The Hall–Kier alpha value is -2.12. The molecule has 7 heteroatoms. The average Bonchev–Trinajstić information content (AvgIpc) is 3.26. The minimum Gasteiger partial charge on any atom is -0.325 e. The number of benzene rings is 1. The van der Waals surface area contributed by atoms with Crippen LogP contribution in [0.3, 0.4) is 0 Å². The minimum atomic E-state index is -0.0612.